The molecule has 0 atom stereocenters. The summed E-state index contributed by atoms with van der Waals surface area (Å²) in [5, 5.41) is 0. The summed E-state index contributed by atoms with van der Waals surface area (Å²) in [7, 11) is 0. The van der Waals surface area contributed by atoms with Crippen LogP contribution in [0.2, 0.25) is 0 Å². The van der Waals surface area contributed by atoms with Gasteiger partial charge in [-0.05, 0) is 62.1 Å². The first-order valence-corrected chi connectivity index (χ1v) is 7.81. The molecule has 1 aromatic rings. The highest BCUT2D eigenvalue weighted by molar-refractivity contribution is 5.57. The molecule has 0 spiro atoms. The Morgan fingerprint density at radius 2 is 2.15 bits per heavy atom. The summed E-state index contributed by atoms with van der Waals surface area (Å²) in [4.78, 5) is 2.26. The van der Waals surface area contributed by atoms with Crippen LogP contribution >= 0.6 is 0 Å². The van der Waals surface area contributed by atoms with Gasteiger partial charge in [0.25, 0.3) is 0 Å². The molecule has 1 aliphatic rings. The Hall–Kier alpha value is -1.50. The lowest BCUT2D eigenvalue weighted by molar-refractivity contribution is 0.587. The third-order valence-corrected chi connectivity index (χ3v) is 3.86. The summed E-state index contributed by atoms with van der Waals surface area (Å²) >= 11 is 0. The topological polar surface area (TPSA) is 3.24 Å². The molecule has 1 fully saturated rings. The van der Waals surface area contributed by atoms with E-state index in [1.165, 1.54) is 36.2 Å². The van der Waals surface area contributed by atoms with E-state index in [-0.39, 0.29) is 0 Å². The predicted octanol–water partition coefficient (Wildman–Crippen LogP) is 5.54. The van der Waals surface area contributed by atoms with Crippen LogP contribution < -0.4 is 4.90 Å². The van der Waals surface area contributed by atoms with Gasteiger partial charge in [-0.3, -0.25) is 0 Å². The summed E-state index contributed by atoms with van der Waals surface area (Å²) < 4.78 is 0. The second kappa shape index (κ2) is 6.78. The molecule has 1 aromatic carbocycles. The summed E-state index contributed by atoms with van der Waals surface area (Å²) in [6, 6.07) is 8.91. The molecule has 20 heavy (non-hydrogen) atoms. The molecular formula is C19H27N. The molecule has 1 aliphatic carbocycles. The molecule has 0 heterocycles. The van der Waals surface area contributed by atoms with Gasteiger partial charge in [0.1, 0.15) is 0 Å². The quantitative estimate of drug-likeness (QED) is 0.628. The fraction of sp³-hybridized carbons (Fsp3) is 0.474. The second-order valence-electron chi connectivity index (χ2n) is 6.22. The number of hydrogen-bond acceptors (Lipinski definition) is 1. The third kappa shape index (κ3) is 4.00. The summed E-state index contributed by atoms with van der Waals surface area (Å²) in [5.41, 5.74) is 3.92. The smallest absolute Gasteiger partial charge is 0.0454 e. The van der Waals surface area contributed by atoms with Gasteiger partial charge >= 0.3 is 0 Å². The Balaban J connectivity index is 2.15. The zero-order valence-corrected chi connectivity index (χ0v) is 13.1. The number of hydrogen-bond donors (Lipinski definition) is 0. The maximum absolute atomic E-state index is 4.29. The van der Waals surface area contributed by atoms with Gasteiger partial charge in [0.05, 0.1) is 0 Å². The van der Waals surface area contributed by atoms with E-state index in [4.69, 9.17) is 0 Å². The first-order chi connectivity index (χ1) is 9.61. The SMILES string of the molecule is C=C(C1CC1)N(/C=C\C)c1cccc(CCC(C)C)c1. The minimum Gasteiger partial charge on any atom is -0.322 e. The van der Waals surface area contributed by atoms with Crippen LogP contribution in [-0.2, 0) is 6.42 Å². The minimum atomic E-state index is 0.686. The van der Waals surface area contributed by atoms with Crippen LogP contribution in [0.25, 0.3) is 0 Å². The van der Waals surface area contributed by atoms with Crippen LogP contribution in [0.4, 0.5) is 5.69 Å². The number of benzene rings is 1. The van der Waals surface area contributed by atoms with Crippen LogP contribution in [0.3, 0.4) is 0 Å². The Kier molecular flexibility index (Phi) is 5.05. The van der Waals surface area contributed by atoms with E-state index in [1.54, 1.807) is 0 Å². The van der Waals surface area contributed by atoms with Crippen LogP contribution in [0, 0.1) is 11.8 Å². The van der Waals surface area contributed by atoms with Gasteiger partial charge in [-0.15, -0.1) is 0 Å². The largest absolute Gasteiger partial charge is 0.322 e. The monoisotopic (exact) mass is 269 g/mol. The third-order valence-electron chi connectivity index (χ3n) is 3.86. The summed E-state index contributed by atoms with van der Waals surface area (Å²) in [6.07, 6.45) is 9.22. The number of rotatable bonds is 7. The van der Waals surface area contributed by atoms with Crippen molar-refractivity contribution in [2.45, 2.75) is 46.5 Å². The van der Waals surface area contributed by atoms with Gasteiger partial charge in [0.2, 0.25) is 0 Å². The average Bonchev–Trinajstić information content (AvgIpc) is 3.26. The van der Waals surface area contributed by atoms with Gasteiger partial charge in [0, 0.05) is 17.6 Å². The van der Waals surface area contributed by atoms with Crippen molar-refractivity contribution in [2.24, 2.45) is 11.8 Å². The van der Waals surface area contributed by atoms with Gasteiger partial charge in [-0.25, -0.2) is 0 Å². The van der Waals surface area contributed by atoms with E-state index in [1.807, 2.05) is 0 Å². The van der Waals surface area contributed by atoms with Crippen molar-refractivity contribution in [3.63, 3.8) is 0 Å². The minimum absolute atomic E-state index is 0.686. The van der Waals surface area contributed by atoms with Crippen molar-refractivity contribution in [2.75, 3.05) is 4.90 Å². The zero-order valence-electron chi connectivity index (χ0n) is 13.1. The number of allylic oxidation sites excluding steroid dienone is 2. The van der Waals surface area contributed by atoms with Gasteiger partial charge in [-0.1, -0.05) is 38.6 Å². The summed E-state index contributed by atoms with van der Waals surface area (Å²) in [5.74, 6) is 1.44. The number of anilines is 1. The molecule has 108 valence electrons. The second-order valence-corrected chi connectivity index (χ2v) is 6.22. The van der Waals surface area contributed by atoms with Gasteiger partial charge < -0.3 is 4.90 Å². The standard InChI is InChI=1S/C19H27N/c1-5-13-20(16(4)18-11-12-18)19-8-6-7-17(14-19)10-9-15(2)3/h5-8,13-15,18H,4,9-12H2,1-3H3/b13-5-. The summed E-state index contributed by atoms with van der Waals surface area (Å²) in [6.45, 7) is 10.9. The normalized spacial score (nSPS) is 15.0. The van der Waals surface area contributed by atoms with E-state index in [2.05, 4.69) is 68.8 Å². The lowest BCUT2D eigenvalue weighted by atomic mass is 10.0. The van der Waals surface area contributed by atoms with Crippen molar-refractivity contribution in [1.82, 2.24) is 0 Å². The van der Waals surface area contributed by atoms with Crippen molar-refractivity contribution >= 4 is 5.69 Å². The van der Waals surface area contributed by atoms with E-state index in [0.717, 1.165) is 12.3 Å². The fourth-order valence-corrected chi connectivity index (χ4v) is 2.43. The van der Waals surface area contributed by atoms with E-state index >= 15 is 0 Å². The molecule has 0 unspecified atom stereocenters. The molecule has 0 aromatic heterocycles. The lowest BCUT2D eigenvalue weighted by Gasteiger charge is -2.23. The Bertz CT molecular complexity index is 480. The Morgan fingerprint density at radius 3 is 2.75 bits per heavy atom. The molecule has 1 nitrogen and oxygen atoms in total. The zero-order chi connectivity index (χ0) is 14.5. The first-order valence-electron chi connectivity index (χ1n) is 7.81. The highest BCUT2D eigenvalue weighted by atomic mass is 15.1. The number of aryl methyl sites for hydroxylation is 1. The average molecular weight is 269 g/mol. The first kappa shape index (κ1) is 14.9. The van der Waals surface area contributed by atoms with Crippen LogP contribution in [-0.4, -0.2) is 0 Å². The molecule has 1 saturated carbocycles. The predicted molar refractivity (Wildman–Crippen MR) is 88.8 cm³/mol. The highest BCUT2D eigenvalue weighted by Crippen LogP contribution is 2.39. The van der Waals surface area contributed by atoms with E-state index in [0.29, 0.717) is 5.92 Å². The van der Waals surface area contributed by atoms with Gasteiger partial charge in [-0.2, -0.15) is 0 Å². The Labute approximate surface area is 124 Å². The maximum Gasteiger partial charge on any atom is 0.0454 e. The van der Waals surface area contributed by atoms with Crippen LogP contribution in [0.15, 0.2) is 48.8 Å². The van der Waals surface area contributed by atoms with E-state index in [9.17, 15) is 0 Å². The van der Waals surface area contributed by atoms with E-state index < -0.39 is 0 Å². The molecule has 1 heteroatoms. The molecule has 0 bridgehead atoms. The van der Waals surface area contributed by atoms with Crippen LogP contribution in [0.1, 0.15) is 45.6 Å². The molecular weight excluding hydrogens is 242 g/mol. The molecule has 0 saturated heterocycles. The number of nitrogens with zero attached hydrogens (tertiary/aromatic N) is 1. The van der Waals surface area contributed by atoms with Crippen molar-refractivity contribution in [3.8, 4) is 0 Å². The molecule has 0 aliphatic heterocycles. The fourth-order valence-electron chi connectivity index (χ4n) is 2.43. The van der Waals surface area contributed by atoms with Gasteiger partial charge in [0.15, 0.2) is 0 Å². The molecule has 2 rings (SSSR count). The molecule has 0 amide bonds. The highest BCUT2D eigenvalue weighted by Gasteiger charge is 2.28. The van der Waals surface area contributed by atoms with Crippen molar-refractivity contribution < 1.29 is 0 Å². The van der Waals surface area contributed by atoms with Crippen molar-refractivity contribution in [1.29, 1.82) is 0 Å². The lowest BCUT2D eigenvalue weighted by Crippen LogP contribution is -2.16. The van der Waals surface area contributed by atoms with Crippen molar-refractivity contribution in [3.05, 3.63) is 54.4 Å². The Morgan fingerprint density at radius 1 is 1.40 bits per heavy atom. The molecule has 0 radical (unpaired) electrons. The van der Waals surface area contributed by atoms with Crippen LogP contribution in [0.5, 0.6) is 0 Å². The maximum atomic E-state index is 4.29. The molecule has 0 N–H and O–H groups in total.